The predicted molar refractivity (Wildman–Crippen MR) is 92.1 cm³/mol. The van der Waals surface area contributed by atoms with Crippen LogP contribution in [-0.2, 0) is 16.0 Å². The first-order chi connectivity index (χ1) is 10.9. The van der Waals surface area contributed by atoms with Crippen molar-refractivity contribution in [1.29, 1.82) is 0 Å². The zero-order valence-corrected chi connectivity index (χ0v) is 14.4. The Morgan fingerprint density at radius 3 is 2.35 bits per heavy atom. The molecule has 1 aromatic rings. The molecule has 3 atom stereocenters. The van der Waals surface area contributed by atoms with Crippen LogP contribution in [0.4, 0.5) is 0 Å². The summed E-state index contributed by atoms with van der Waals surface area (Å²) in [4.78, 5) is 26.4. The van der Waals surface area contributed by atoms with Crippen LogP contribution < -0.4 is 5.32 Å². The number of rotatable bonds is 6. The minimum absolute atomic E-state index is 0.00239. The Labute approximate surface area is 139 Å². The van der Waals surface area contributed by atoms with E-state index in [0.717, 1.165) is 18.7 Å². The van der Waals surface area contributed by atoms with Crippen LogP contribution in [0.15, 0.2) is 30.3 Å². The maximum Gasteiger partial charge on any atom is 0.234 e. The van der Waals surface area contributed by atoms with Crippen molar-refractivity contribution >= 4 is 11.7 Å². The number of Topliss-reactive ketones (excluding diaryl/α,β-unsaturated/α-hetero) is 1. The normalized spacial score (nSPS) is 23.3. The van der Waals surface area contributed by atoms with Crippen LogP contribution in [0.2, 0.25) is 0 Å². The molecule has 0 spiro atoms. The monoisotopic (exact) mass is 316 g/mol. The summed E-state index contributed by atoms with van der Waals surface area (Å²) in [5.74, 6) is 1.20. The highest BCUT2D eigenvalue weighted by Crippen LogP contribution is 2.20. The van der Waals surface area contributed by atoms with Gasteiger partial charge < -0.3 is 5.32 Å². The van der Waals surface area contributed by atoms with E-state index in [1.807, 2.05) is 30.3 Å². The van der Waals surface area contributed by atoms with E-state index in [0.29, 0.717) is 24.8 Å². The minimum atomic E-state index is -0.440. The maximum absolute atomic E-state index is 12.3. The van der Waals surface area contributed by atoms with E-state index in [4.69, 9.17) is 0 Å². The van der Waals surface area contributed by atoms with E-state index in [2.05, 4.69) is 24.1 Å². The van der Waals surface area contributed by atoms with Crippen LogP contribution in [-0.4, -0.2) is 42.3 Å². The molecule has 0 bridgehead atoms. The number of benzene rings is 1. The fraction of sp³-hybridized carbons (Fsp3) is 0.579. The molecule has 4 nitrogen and oxygen atoms in total. The Morgan fingerprint density at radius 1 is 1.17 bits per heavy atom. The first-order valence-electron chi connectivity index (χ1n) is 8.50. The van der Waals surface area contributed by atoms with Crippen LogP contribution in [0.5, 0.6) is 0 Å². The van der Waals surface area contributed by atoms with Gasteiger partial charge in [-0.25, -0.2) is 0 Å². The second-order valence-corrected chi connectivity index (χ2v) is 7.06. The molecule has 23 heavy (non-hydrogen) atoms. The SMILES string of the molecule is CC(=O)[C@H](Cc1ccccc1)NC(=O)CN1C[C@@H](C)C[C@H](C)C1. The summed E-state index contributed by atoms with van der Waals surface area (Å²) in [6.45, 7) is 8.30. The number of hydrogen-bond acceptors (Lipinski definition) is 3. The number of carbonyl (C=O) groups excluding carboxylic acids is 2. The smallest absolute Gasteiger partial charge is 0.234 e. The summed E-state index contributed by atoms with van der Waals surface area (Å²) in [7, 11) is 0. The highest BCUT2D eigenvalue weighted by atomic mass is 16.2. The van der Waals surface area contributed by atoms with E-state index >= 15 is 0 Å². The minimum Gasteiger partial charge on any atom is -0.345 e. The fourth-order valence-electron chi connectivity index (χ4n) is 3.51. The first-order valence-corrected chi connectivity index (χ1v) is 8.50. The second kappa shape index (κ2) is 8.25. The van der Waals surface area contributed by atoms with Gasteiger partial charge in [-0.2, -0.15) is 0 Å². The van der Waals surface area contributed by atoms with Crippen molar-refractivity contribution in [3.05, 3.63) is 35.9 Å². The third-order valence-corrected chi connectivity index (χ3v) is 4.42. The molecule has 1 heterocycles. The van der Waals surface area contributed by atoms with Gasteiger partial charge in [-0.3, -0.25) is 14.5 Å². The van der Waals surface area contributed by atoms with Crippen molar-refractivity contribution in [2.24, 2.45) is 11.8 Å². The van der Waals surface area contributed by atoms with Crippen molar-refractivity contribution in [3.8, 4) is 0 Å². The maximum atomic E-state index is 12.3. The summed E-state index contributed by atoms with van der Waals surface area (Å²) >= 11 is 0. The zero-order chi connectivity index (χ0) is 16.8. The Morgan fingerprint density at radius 2 is 1.78 bits per heavy atom. The van der Waals surface area contributed by atoms with E-state index < -0.39 is 6.04 Å². The first kappa shape index (κ1) is 17.7. The molecule has 1 fully saturated rings. The van der Waals surface area contributed by atoms with Crippen LogP contribution in [0.1, 0.15) is 32.8 Å². The number of hydrogen-bond donors (Lipinski definition) is 1. The molecule has 0 radical (unpaired) electrons. The van der Waals surface area contributed by atoms with E-state index in [1.54, 1.807) is 6.92 Å². The third kappa shape index (κ3) is 5.79. The molecule has 0 aromatic heterocycles. The van der Waals surface area contributed by atoms with Crippen molar-refractivity contribution in [3.63, 3.8) is 0 Å². The Balaban J connectivity index is 1.89. The lowest BCUT2D eigenvalue weighted by molar-refractivity contribution is -0.128. The molecule has 4 heteroatoms. The summed E-state index contributed by atoms with van der Waals surface area (Å²) in [5, 5.41) is 2.91. The van der Waals surface area contributed by atoms with Crippen LogP contribution in [0.25, 0.3) is 0 Å². The second-order valence-electron chi connectivity index (χ2n) is 7.06. The average molecular weight is 316 g/mol. The van der Waals surface area contributed by atoms with Crippen LogP contribution in [0.3, 0.4) is 0 Å². The van der Waals surface area contributed by atoms with Gasteiger partial charge in [0.2, 0.25) is 5.91 Å². The van der Waals surface area contributed by atoms with Gasteiger partial charge in [-0.15, -0.1) is 0 Å². The van der Waals surface area contributed by atoms with Gasteiger partial charge in [0, 0.05) is 13.1 Å². The molecule has 1 aliphatic rings. The van der Waals surface area contributed by atoms with Gasteiger partial charge in [0.15, 0.2) is 5.78 Å². The Kier molecular flexibility index (Phi) is 6.34. The highest BCUT2D eigenvalue weighted by molar-refractivity contribution is 5.88. The Hall–Kier alpha value is -1.68. The molecule has 0 saturated carbocycles. The molecule has 1 aliphatic heterocycles. The number of amides is 1. The fourth-order valence-corrected chi connectivity index (χ4v) is 3.51. The summed E-state index contributed by atoms with van der Waals surface area (Å²) in [6.07, 6.45) is 1.77. The van der Waals surface area contributed by atoms with Crippen molar-refractivity contribution in [2.45, 2.75) is 39.7 Å². The largest absolute Gasteiger partial charge is 0.345 e. The van der Waals surface area contributed by atoms with Crippen molar-refractivity contribution < 1.29 is 9.59 Å². The number of piperidine rings is 1. The molecule has 1 amide bonds. The molecular formula is C19H28N2O2. The van der Waals surface area contributed by atoms with Crippen molar-refractivity contribution in [1.82, 2.24) is 10.2 Å². The average Bonchev–Trinajstić information content (AvgIpc) is 2.46. The predicted octanol–water partition coefficient (Wildman–Crippen LogP) is 2.28. The van der Waals surface area contributed by atoms with Gasteiger partial charge in [0.05, 0.1) is 12.6 Å². The lowest BCUT2D eigenvalue weighted by Crippen LogP contribution is -2.48. The molecule has 0 unspecified atom stereocenters. The van der Waals surface area contributed by atoms with Crippen LogP contribution >= 0.6 is 0 Å². The number of nitrogens with one attached hydrogen (secondary N) is 1. The topological polar surface area (TPSA) is 49.4 Å². The zero-order valence-electron chi connectivity index (χ0n) is 14.4. The molecule has 0 aliphatic carbocycles. The number of carbonyl (C=O) groups is 2. The summed E-state index contributed by atoms with van der Waals surface area (Å²) in [6, 6.07) is 9.37. The van der Waals surface area contributed by atoms with E-state index in [-0.39, 0.29) is 11.7 Å². The van der Waals surface area contributed by atoms with E-state index in [1.165, 1.54) is 6.42 Å². The standard InChI is InChI=1S/C19H28N2O2/c1-14-9-15(2)12-21(11-14)13-19(23)20-18(16(3)22)10-17-7-5-4-6-8-17/h4-8,14-15,18H,9-13H2,1-3H3,(H,20,23)/t14-,15-,18-/m0/s1. The molecule has 2 rings (SSSR count). The van der Waals surface area contributed by atoms with Gasteiger partial charge in [-0.05, 0) is 37.2 Å². The van der Waals surface area contributed by atoms with Crippen LogP contribution in [0, 0.1) is 11.8 Å². The number of ketones is 1. The van der Waals surface area contributed by atoms with Gasteiger partial charge in [0.1, 0.15) is 0 Å². The number of nitrogens with zero attached hydrogens (tertiary/aromatic N) is 1. The quantitative estimate of drug-likeness (QED) is 0.876. The Bertz CT molecular complexity index is 519. The highest BCUT2D eigenvalue weighted by Gasteiger charge is 2.24. The van der Waals surface area contributed by atoms with Gasteiger partial charge in [0.25, 0.3) is 0 Å². The third-order valence-electron chi connectivity index (χ3n) is 4.42. The van der Waals surface area contributed by atoms with E-state index in [9.17, 15) is 9.59 Å². The molecule has 1 aromatic carbocycles. The summed E-state index contributed by atoms with van der Waals surface area (Å²) in [5.41, 5.74) is 1.06. The van der Waals surface area contributed by atoms with Crippen molar-refractivity contribution in [2.75, 3.05) is 19.6 Å². The lowest BCUT2D eigenvalue weighted by Gasteiger charge is -2.34. The lowest BCUT2D eigenvalue weighted by atomic mass is 9.92. The molecule has 126 valence electrons. The molecule has 1 N–H and O–H groups in total. The number of likely N-dealkylation sites (tertiary alicyclic amines) is 1. The summed E-state index contributed by atoms with van der Waals surface area (Å²) < 4.78 is 0. The molecule has 1 saturated heterocycles. The van der Waals surface area contributed by atoms with Gasteiger partial charge >= 0.3 is 0 Å². The molecular weight excluding hydrogens is 288 g/mol. The van der Waals surface area contributed by atoms with Gasteiger partial charge in [-0.1, -0.05) is 44.2 Å².